The maximum absolute atomic E-state index is 13.2. The minimum Gasteiger partial charge on any atom is -0.326 e. The third kappa shape index (κ3) is 3.53. The highest BCUT2D eigenvalue weighted by molar-refractivity contribution is 7.99. The number of nitrogens with zero attached hydrogens (tertiary/aromatic N) is 4. The van der Waals surface area contributed by atoms with Crippen molar-refractivity contribution >= 4 is 34.4 Å². The number of carbonyl (C=O) groups is 1. The quantitative estimate of drug-likeness (QED) is 0.496. The lowest BCUT2D eigenvalue weighted by atomic mass is 10.1. The second-order valence-corrected chi connectivity index (χ2v) is 8.70. The molecule has 31 heavy (non-hydrogen) atoms. The molecule has 0 fully saturated rings. The summed E-state index contributed by atoms with van der Waals surface area (Å²) in [6.07, 6.45) is 1.77. The number of fused-ring (bicyclic) bond motifs is 2. The second-order valence-electron chi connectivity index (χ2n) is 7.71. The number of para-hydroxylation sites is 1. The summed E-state index contributed by atoms with van der Waals surface area (Å²) in [5.41, 5.74) is 4.30. The Morgan fingerprint density at radius 2 is 1.97 bits per heavy atom. The largest absolute Gasteiger partial charge is 0.326 e. The summed E-state index contributed by atoms with van der Waals surface area (Å²) in [5.74, 6) is 0.516. The van der Waals surface area contributed by atoms with E-state index in [0.717, 1.165) is 16.9 Å². The summed E-state index contributed by atoms with van der Waals surface area (Å²) in [5, 5.41) is 8.40. The third-order valence-corrected chi connectivity index (χ3v) is 6.68. The number of hydrogen-bond donors (Lipinski definition) is 1. The number of anilines is 1. The molecule has 5 rings (SSSR count). The van der Waals surface area contributed by atoms with E-state index in [-0.39, 0.29) is 23.9 Å². The van der Waals surface area contributed by atoms with E-state index in [2.05, 4.69) is 10.4 Å². The molecule has 156 valence electrons. The molecule has 2 aromatic heterocycles. The van der Waals surface area contributed by atoms with Crippen LogP contribution in [-0.4, -0.2) is 31.0 Å². The van der Waals surface area contributed by atoms with E-state index in [9.17, 15) is 9.59 Å². The third-order valence-electron chi connectivity index (χ3n) is 5.58. The van der Waals surface area contributed by atoms with Crippen molar-refractivity contribution in [2.45, 2.75) is 31.5 Å². The maximum Gasteiger partial charge on any atom is 0.265 e. The number of carbonyl (C=O) groups excluding carboxylic acids is 1. The van der Waals surface area contributed by atoms with Gasteiger partial charge in [-0.05, 0) is 49.2 Å². The van der Waals surface area contributed by atoms with Gasteiger partial charge in [0.1, 0.15) is 5.39 Å². The zero-order chi connectivity index (χ0) is 21.5. The molecule has 0 saturated heterocycles. The summed E-state index contributed by atoms with van der Waals surface area (Å²) >= 11 is 1.50. The maximum atomic E-state index is 13.2. The summed E-state index contributed by atoms with van der Waals surface area (Å²) in [7, 11) is 0. The van der Waals surface area contributed by atoms with E-state index in [1.165, 1.54) is 17.3 Å². The number of amides is 1. The zero-order valence-corrected chi connectivity index (χ0v) is 18.0. The van der Waals surface area contributed by atoms with Crippen LogP contribution in [0.15, 0.2) is 64.7 Å². The first-order valence-electron chi connectivity index (χ1n) is 10.1. The molecule has 3 heterocycles. The predicted molar refractivity (Wildman–Crippen MR) is 122 cm³/mol. The fraction of sp³-hybridized carbons (Fsp3) is 0.217. The predicted octanol–water partition coefficient (Wildman–Crippen LogP) is 3.87. The van der Waals surface area contributed by atoms with Crippen molar-refractivity contribution in [1.29, 1.82) is 0 Å². The molecule has 0 saturated carbocycles. The summed E-state index contributed by atoms with van der Waals surface area (Å²) in [4.78, 5) is 30.6. The SMILES string of the molecule is Cc1ccc(NC(=O)C[C@H]2CSc3nc4c(cnn4-c4ccccc4)c(=O)n32)cc1C. The van der Waals surface area contributed by atoms with Gasteiger partial charge in [0.2, 0.25) is 5.91 Å². The van der Waals surface area contributed by atoms with Gasteiger partial charge in [0, 0.05) is 17.9 Å². The molecule has 0 bridgehead atoms. The van der Waals surface area contributed by atoms with Crippen LogP contribution in [-0.2, 0) is 4.79 Å². The fourth-order valence-electron chi connectivity index (χ4n) is 3.78. The number of rotatable bonds is 4. The Morgan fingerprint density at radius 1 is 1.16 bits per heavy atom. The van der Waals surface area contributed by atoms with Gasteiger partial charge in [-0.2, -0.15) is 5.10 Å². The number of thioether (sulfide) groups is 1. The molecule has 4 aromatic rings. The lowest BCUT2D eigenvalue weighted by Gasteiger charge is -2.14. The van der Waals surface area contributed by atoms with Gasteiger partial charge in [-0.3, -0.25) is 14.2 Å². The van der Waals surface area contributed by atoms with E-state index < -0.39 is 0 Å². The van der Waals surface area contributed by atoms with Crippen molar-refractivity contribution in [2.75, 3.05) is 11.1 Å². The Balaban J connectivity index is 1.43. The molecular formula is C23H21N5O2S. The Labute approximate surface area is 183 Å². The lowest BCUT2D eigenvalue weighted by molar-refractivity contribution is -0.116. The Kier molecular flexibility index (Phi) is 4.86. The minimum atomic E-state index is -0.240. The summed E-state index contributed by atoms with van der Waals surface area (Å²) in [6, 6.07) is 15.2. The van der Waals surface area contributed by atoms with E-state index in [4.69, 9.17) is 4.98 Å². The average Bonchev–Trinajstić information content (AvgIpc) is 3.36. The van der Waals surface area contributed by atoms with Crippen LogP contribution >= 0.6 is 11.8 Å². The molecule has 0 aliphatic carbocycles. The molecule has 0 unspecified atom stereocenters. The molecule has 2 aromatic carbocycles. The highest BCUT2D eigenvalue weighted by atomic mass is 32.2. The van der Waals surface area contributed by atoms with E-state index in [1.807, 2.05) is 62.4 Å². The van der Waals surface area contributed by atoms with E-state index >= 15 is 0 Å². The topological polar surface area (TPSA) is 81.8 Å². The van der Waals surface area contributed by atoms with Crippen LogP contribution in [0.2, 0.25) is 0 Å². The number of hydrogen-bond acceptors (Lipinski definition) is 5. The van der Waals surface area contributed by atoms with Gasteiger partial charge >= 0.3 is 0 Å². The molecule has 1 N–H and O–H groups in total. The summed E-state index contributed by atoms with van der Waals surface area (Å²) in [6.45, 7) is 4.05. The molecule has 1 aliphatic rings. The lowest BCUT2D eigenvalue weighted by Crippen LogP contribution is -2.27. The van der Waals surface area contributed by atoms with Gasteiger partial charge in [0.05, 0.1) is 17.9 Å². The number of benzene rings is 2. The normalized spacial score (nSPS) is 15.2. The van der Waals surface area contributed by atoms with Gasteiger partial charge in [-0.1, -0.05) is 36.0 Å². The van der Waals surface area contributed by atoms with Gasteiger partial charge < -0.3 is 5.32 Å². The highest BCUT2D eigenvalue weighted by Gasteiger charge is 2.29. The first-order chi connectivity index (χ1) is 15.0. The van der Waals surface area contributed by atoms with Crippen LogP contribution in [0.25, 0.3) is 16.7 Å². The second kappa shape index (κ2) is 7.70. The van der Waals surface area contributed by atoms with Crippen LogP contribution in [0.4, 0.5) is 5.69 Å². The van der Waals surface area contributed by atoms with Crippen LogP contribution in [0.1, 0.15) is 23.6 Å². The van der Waals surface area contributed by atoms with Crippen molar-refractivity contribution in [3.63, 3.8) is 0 Å². The zero-order valence-electron chi connectivity index (χ0n) is 17.2. The monoisotopic (exact) mass is 431 g/mol. The summed E-state index contributed by atoms with van der Waals surface area (Å²) < 4.78 is 3.32. The Morgan fingerprint density at radius 3 is 2.74 bits per heavy atom. The van der Waals surface area contributed by atoms with Crippen molar-refractivity contribution in [1.82, 2.24) is 19.3 Å². The van der Waals surface area contributed by atoms with E-state index in [1.54, 1.807) is 15.4 Å². The van der Waals surface area contributed by atoms with Crippen molar-refractivity contribution in [2.24, 2.45) is 0 Å². The number of aromatic nitrogens is 4. The minimum absolute atomic E-state index is 0.117. The van der Waals surface area contributed by atoms with Gasteiger partial charge in [0.25, 0.3) is 5.56 Å². The molecule has 1 aliphatic heterocycles. The first-order valence-corrected chi connectivity index (χ1v) is 11.1. The molecule has 0 spiro atoms. The van der Waals surface area contributed by atoms with Crippen LogP contribution in [0.5, 0.6) is 0 Å². The molecule has 1 amide bonds. The van der Waals surface area contributed by atoms with E-state index in [0.29, 0.717) is 21.9 Å². The fourth-order valence-corrected chi connectivity index (χ4v) is 4.91. The van der Waals surface area contributed by atoms with Gasteiger partial charge in [-0.15, -0.1) is 0 Å². The average molecular weight is 432 g/mol. The first kappa shape index (κ1) is 19.6. The van der Waals surface area contributed by atoms with Gasteiger partial charge in [0.15, 0.2) is 10.8 Å². The smallest absolute Gasteiger partial charge is 0.265 e. The number of nitrogens with one attached hydrogen (secondary N) is 1. The highest BCUT2D eigenvalue weighted by Crippen LogP contribution is 2.33. The van der Waals surface area contributed by atoms with Crippen molar-refractivity contribution < 1.29 is 4.79 Å². The standard InChI is InChI=1S/C23H21N5O2S/c1-14-8-9-16(10-15(14)2)25-20(29)11-18-13-31-23-26-21-19(22(30)27(18)23)12-24-28(21)17-6-4-3-5-7-17/h3-10,12,18H,11,13H2,1-2H3,(H,25,29)/t18-/m0/s1. The molecule has 0 radical (unpaired) electrons. The van der Waals surface area contributed by atoms with Crippen molar-refractivity contribution in [3.05, 3.63) is 76.2 Å². The van der Waals surface area contributed by atoms with Gasteiger partial charge in [-0.25, -0.2) is 9.67 Å². The van der Waals surface area contributed by atoms with Crippen LogP contribution < -0.4 is 10.9 Å². The van der Waals surface area contributed by atoms with Crippen molar-refractivity contribution in [3.8, 4) is 5.69 Å². The Bertz CT molecular complexity index is 1360. The number of aryl methyl sites for hydroxylation is 2. The van der Waals surface area contributed by atoms with Crippen LogP contribution in [0.3, 0.4) is 0 Å². The molecular weight excluding hydrogens is 410 g/mol. The van der Waals surface area contributed by atoms with Crippen LogP contribution in [0, 0.1) is 13.8 Å². The Hall–Kier alpha value is -3.39. The molecule has 8 heteroatoms. The molecule has 7 nitrogen and oxygen atoms in total. The molecule has 1 atom stereocenters.